The van der Waals surface area contributed by atoms with Gasteiger partial charge in [-0.2, -0.15) is 0 Å². The van der Waals surface area contributed by atoms with Crippen LogP contribution in [-0.2, 0) is 11.3 Å². The van der Waals surface area contributed by atoms with Gasteiger partial charge in [0.15, 0.2) is 5.65 Å². The van der Waals surface area contributed by atoms with Crippen molar-refractivity contribution in [3.05, 3.63) is 51.8 Å². The summed E-state index contributed by atoms with van der Waals surface area (Å²) in [5, 5.41) is 6.76. The van der Waals surface area contributed by atoms with Crippen LogP contribution in [0.2, 0.25) is 0 Å². The quantitative estimate of drug-likeness (QED) is 0.743. The van der Waals surface area contributed by atoms with Crippen LogP contribution in [0.15, 0.2) is 29.1 Å². The average Bonchev–Trinajstić information content (AvgIpc) is 3.26. The van der Waals surface area contributed by atoms with Crippen molar-refractivity contribution in [3.8, 4) is 0 Å². The number of aromatic nitrogens is 4. The van der Waals surface area contributed by atoms with Crippen molar-refractivity contribution in [1.82, 2.24) is 19.2 Å². The van der Waals surface area contributed by atoms with E-state index in [1.165, 1.54) is 16.5 Å². The largest absolute Gasteiger partial charge is 0.353 e. The maximum absolute atomic E-state index is 13.9. The lowest BCUT2D eigenvalue weighted by atomic mass is 10.2. The van der Waals surface area contributed by atoms with Crippen molar-refractivity contribution in [3.63, 3.8) is 0 Å². The summed E-state index contributed by atoms with van der Waals surface area (Å²) in [4.78, 5) is 31.8. The Kier molecular flexibility index (Phi) is 4.58. The summed E-state index contributed by atoms with van der Waals surface area (Å²) in [5.74, 6) is -0.499. The fraction of sp³-hybridized carbons (Fsp3) is 0.368. The van der Waals surface area contributed by atoms with E-state index in [1.54, 1.807) is 19.1 Å². The van der Waals surface area contributed by atoms with Gasteiger partial charge in [0.2, 0.25) is 11.9 Å². The molecule has 0 aliphatic carbocycles. The highest BCUT2D eigenvalue weighted by molar-refractivity contribution is 5.90. The number of hydrogen-bond donors (Lipinski definition) is 1. The molecule has 1 amide bonds. The van der Waals surface area contributed by atoms with Crippen LogP contribution in [0.1, 0.15) is 24.1 Å². The van der Waals surface area contributed by atoms with E-state index in [4.69, 9.17) is 0 Å². The van der Waals surface area contributed by atoms with Gasteiger partial charge in [0.25, 0.3) is 0 Å². The predicted octanol–water partition coefficient (Wildman–Crippen LogP) is 1.89. The predicted molar refractivity (Wildman–Crippen MR) is 103 cm³/mol. The van der Waals surface area contributed by atoms with Crippen LogP contribution in [0.5, 0.6) is 0 Å². The summed E-state index contributed by atoms with van der Waals surface area (Å²) >= 11 is 0. The van der Waals surface area contributed by atoms with E-state index in [1.807, 2.05) is 6.92 Å². The molecule has 0 saturated carbocycles. The number of nitrogens with zero attached hydrogens (tertiary/aromatic N) is 5. The zero-order chi connectivity index (χ0) is 19.8. The van der Waals surface area contributed by atoms with Crippen molar-refractivity contribution in [2.45, 2.75) is 33.2 Å². The zero-order valence-corrected chi connectivity index (χ0v) is 15.8. The van der Waals surface area contributed by atoms with E-state index in [-0.39, 0.29) is 12.2 Å². The van der Waals surface area contributed by atoms with Gasteiger partial charge in [0.05, 0.1) is 5.69 Å². The number of halogens is 1. The van der Waals surface area contributed by atoms with E-state index in [9.17, 15) is 14.0 Å². The summed E-state index contributed by atoms with van der Waals surface area (Å²) in [5.41, 5.74) is 1.57. The minimum absolute atomic E-state index is 0.0719. The molecule has 0 spiro atoms. The lowest BCUT2D eigenvalue weighted by Gasteiger charge is -2.17. The number of carbonyl (C=O) groups excluding carboxylic acids is 1. The minimum Gasteiger partial charge on any atom is -0.342 e. The number of anilines is 2. The molecule has 3 aromatic rings. The molecular formula is C19H21FN6O2. The molecule has 3 heterocycles. The van der Waals surface area contributed by atoms with Gasteiger partial charge in [-0.05, 0) is 44.4 Å². The lowest BCUT2D eigenvalue weighted by Crippen LogP contribution is -2.31. The van der Waals surface area contributed by atoms with Gasteiger partial charge in [-0.3, -0.25) is 4.79 Å². The normalized spacial score (nSPS) is 14.0. The highest BCUT2D eigenvalue weighted by atomic mass is 19.1. The first-order valence-electron chi connectivity index (χ1n) is 9.20. The first kappa shape index (κ1) is 18.1. The van der Waals surface area contributed by atoms with Crippen LogP contribution in [0.4, 0.5) is 16.0 Å². The van der Waals surface area contributed by atoms with Gasteiger partial charge in [-0.25, -0.2) is 23.3 Å². The standard InChI is InChI=1S/C19H21FN6O2/c1-12-5-6-15(14(20)9-12)22-17(27)11-25-19(28)26-16(23-25)10-13(2)21-18(26)24-7-3-4-8-24/h5-6,9-10H,3-4,7-8,11H2,1-2H3,(H,22,27). The van der Waals surface area contributed by atoms with E-state index in [0.717, 1.165) is 41.9 Å². The highest BCUT2D eigenvalue weighted by Crippen LogP contribution is 2.19. The third-order valence-electron chi connectivity index (χ3n) is 4.76. The van der Waals surface area contributed by atoms with Crippen LogP contribution in [0.25, 0.3) is 5.65 Å². The van der Waals surface area contributed by atoms with Gasteiger partial charge in [-0.1, -0.05) is 6.07 Å². The third kappa shape index (κ3) is 3.35. The van der Waals surface area contributed by atoms with Crippen LogP contribution in [-0.4, -0.2) is 38.2 Å². The van der Waals surface area contributed by atoms with Crippen LogP contribution < -0.4 is 15.9 Å². The second-order valence-corrected chi connectivity index (χ2v) is 7.06. The van der Waals surface area contributed by atoms with Gasteiger partial charge >= 0.3 is 5.69 Å². The zero-order valence-electron chi connectivity index (χ0n) is 15.8. The Bertz CT molecular complexity index is 1110. The van der Waals surface area contributed by atoms with Crippen LogP contribution >= 0.6 is 0 Å². The number of amides is 1. The minimum atomic E-state index is -0.527. The maximum atomic E-state index is 13.9. The molecule has 2 aromatic heterocycles. The SMILES string of the molecule is Cc1ccc(NC(=O)Cn2nc3cc(C)nc(N4CCCC4)n3c2=O)c(F)c1. The second-order valence-electron chi connectivity index (χ2n) is 7.06. The molecule has 8 nitrogen and oxygen atoms in total. The molecular weight excluding hydrogens is 363 g/mol. The van der Waals surface area contributed by atoms with E-state index < -0.39 is 17.4 Å². The number of rotatable bonds is 4. The topological polar surface area (TPSA) is 84.5 Å². The molecule has 1 aliphatic heterocycles. The molecule has 146 valence electrons. The molecule has 1 aromatic carbocycles. The smallest absolute Gasteiger partial charge is 0.342 e. The maximum Gasteiger partial charge on any atom is 0.353 e. The molecule has 9 heteroatoms. The molecule has 1 saturated heterocycles. The summed E-state index contributed by atoms with van der Waals surface area (Å²) in [7, 11) is 0. The van der Waals surface area contributed by atoms with Crippen molar-refractivity contribution in [1.29, 1.82) is 0 Å². The molecule has 0 atom stereocenters. The van der Waals surface area contributed by atoms with Gasteiger partial charge < -0.3 is 10.2 Å². The fourth-order valence-electron chi connectivity index (χ4n) is 3.41. The van der Waals surface area contributed by atoms with Crippen molar-refractivity contribution in [2.75, 3.05) is 23.3 Å². The molecule has 0 bridgehead atoms. The van der Waals surface area contributed by atoms with Crippen LogP contribution in [0, 0.1) is 19.7 Å². The van der Waals surface area contributed by atoms with Gasteiger partial charge in [0, 0.05) is 24.8 Å². The number of aryl methyl sites for hydroxylation is 2. The summed E-state index contributed by atoms with van der Waals surface area (Å²) in [6.07, 6.45) is 2.09. The van der Waals surface area contributed by atoms with Crippen molar-refractivity contribution < 1.29 is 9.18 Å². The average molecular weight is 384 g/mol. The Balaban J connectivity index is 1.64. The lowest BCUT2D eigenvalue weighted by molar-refractivity contribution is -0.117. The molecule has 1 fully saturated rings. The molecule has 28 heavy (non-hydrogen) atoms. The summed E-state index contributed by atoms with van der Waals surface area (Å²) < 4.78 is 16.5. The fourth-order valence-corrected chi connectivity index (χ4v) is 3.41. The second kappa shape index (κ2) is 7.06. The molecule has 0 radical (unpaired) electrons. The Morgan fingerprint density at radius 3 is 2.68 bits per heavy atom. The number of fused-ring (bicyclic) bond motifs is 1. The van der Waals surface area contributed by atoms with E-state index >= 15 is 0 Å². The van der Waals surface area contributed by atoms with Crippen molar-refractivity contribution >= 4 is 23.2 Å². The molecule has 1 N–H and O–H groups in total. The highest BCUT2D eigenvalue weighted by Gasteiger charge is 2.21. The van der Waals surface area contributed by atoms with E-state index in [2.05, 4.69) is 20.3 Å². The first-order chi connectivity index (χ1) is 13.4. The summed E-state index contributed by atoms with van der Waals surface area (Å²) in [6, 6.07) is 6.23. The van der Waals surface area contributed by atoms with Gasteiger partial charge in [-0.15, -0.1) is 5.10 Å². The van der Waals surface area contributed by atoms with E-state index in [0.29, 0.717) is 11.6 Å². The van der Waals surface area contributed by atoms with Crippen LogP contribution in [0.3, 0.4) is 0 Å². The van der Waals surface area contributed by atoms with Crippen molar-refractivity contribution in [2.24, 2.45) is 0 Å². The first-order valence-corrected chi connectivity index (χ1v) is 9.20. The molecule has 0 unspecified atom stereocenters. The third-order valence-corrected chi connectivity index (χ3v) is 4.76. The molecule has 1 aliphatic rings. The van der Waals surface area contributed by atoms with Gasteiger partial charge in [0.1, 0.15) is 12.4 Å². The monoisotopic (exact) mass is 384 g/mol. The number of nitrogens with one attached hydrogen (secondary N) is 1. The number of hydrogen-bond acceptors (Lipinski definition) is 5. The Hall–Kier alpha value is -3.23. The Morgan fingerprint density at radius 2 is 1.96 bits per heavy atom. The number of carbonyl (C=O) groups is 1. The Morgan fingerprint density at radius 1 is 1.21 bits per heavy atom. The number of benzene rings is 1. The Labute approximate surface area is 160 Å². The summed E-state index contributed by atoms with van der Waals surface area (Å²) in [6.45, 7) is 4.95. The molecule has 4 rings (SSSR count).